The standard InChI is InChI=1S/C14H16N2O4S/c1-11(10-15)20-14(17)12-4-6-13(7-5-12)21(18,19)16-8-2-3-9-16/h4-7,11H,2-3,8-9H2,1H3/t11-/m0/s1. The van der Waals surface area contributed by atoms with Gasteiger partial charge in [-0.15, -0.1) is 0 Å². The third kappa shape index (κ3) is 3.40. The molecule has 1 heterocycles. The van der Waals surface area contributed by atoms with Gasteiger partial charge < -0.3 is 4.74 Å². The number of hydrogen-bond donors (Lipinski definition) is 0. The molecule has 1 saturated heterocycles. The van der Waals surface area contributed by atoms with E-state index in [1.165, 1.54) is 35.5 Å². The molecule has 1 aromatic rings. The molecule has 0 amide bonds. The van der Waals surface area contributed by atoms with Crippen LogP contribution in [0.15, 0.2) is 29.2 Å². The largest absolute Gasteiger partial charge is 0.444 e. The SMILES string of the molecule is C[C@@H](C#N)OC(=O)c1ccc(S(=O)(=O)N2CCCC2)cc1. The first kappa shape index (κ1) is 15.5. The first-order valence-corrected chi connectivity index (χ1v) is 8.10. The maximum absolute atomic E-state index is 12.3. The second-order valence-corrected chi connectivity index (χ2v) is 6.75. The van der Waals surface area contributed by atoms with Gasteiger partial charge >= 0.3 is 5.97 Å². The summed E-state index contributed by atoms with van der Waals surface area (Å²) < 4.78 is 30.9. The van der Waals surface area contributed by atoms with Crippen LogP contribution < -0.4 is 0 Å². The van der Waals surface area contributed by atoms with E-state index in [0.717, 1.165) is 12.8 Å². The highest BCUT2D eigenvalue weighted by molar-refractivity contribution is 7.89. The molecular formula is C14H16N2O4S. The monoisotopic (exact) mass is 308 g/mol. The minimum absolute atomic E-state index is 0.161. The highest BCUT2D eigenvalue weighted by Crippen LogP contribution is 2.21. The minimum Gasteiger partial charge on any atom is -0.444 e. The van der Waals surface area contributed by atoms with Crippen LogP contribution in [0.25, 0.3) is 0 Å². The van der Waals surface area contributed by atoms with Crippen LogP contribution >= 0.6 is 0 Å². The van der Waals surface area contributed by atoms with Gasteiger partial charge in [0.15, 0.2) is 6.10 Å². The zero-order chi connectivity index (χ0) is 15.5. The molecule has 6 nitrogen and oxygen atoms in total. The summed E-state index contributed by atoms with van der Waals surface area (Å²) in [7, 11) is -3.48. The van der Waals surface area contributed by atoms with Crippen LogP contribution in [0.4, 0.5) is 0 Å². The van der Waals surface area contributed by atoms with Gasteiger partial charge in [0.25, 0.3) is 0 Å². The van der Waals surface area contributed by atoms with Gasteiger partial charge in [-0.05, 0) is 44.0 Å². The lowest BCUT2D eigenvalue weighted by atomic mass is 10.2. The zero-order valence-corrected chi connectivity index (χ0v) is 12.5. The summed E-state index contributed by atoms with van der Waals surface area (Å²) >= 11 is 0. The van der Waals surface area contributed by atoms with E-state index in [2.05, 4.69) is 0 Å². The van der Waals surface area contributed by atoms with Crippen molar-refractivity contribution in [2.24, 2.45) is 0 Å². The second-order valence-electron chi connectivity index (χ2n) is 4.81. The topological polar surface area (TPSA) is 87.5 Å². The molecule has 1 aliphatic heterocycles. The van der Waals surface area contributed by atoms with Crippen molar-refractivity contribution >= 4 is 16.0 Å². The average Bonchev–Trinajstić information content (AvgIpc) is 3.02. The normalized spacial score (nSPS) is 17.1. The van der Waals surface area contributed by atoms with Crippen LogP contribution in [0.1, 0.15) is 30.1 Å². The van der Waals surface area contributed by atoms with E-state index in [4.69, 9.17) is 10.00 Å². The fourth-order valence-electron chi connectivity index (χ4n) is 2.10. The van der Waals surface area contributed by atoms with Crippen LogP contribution in [0.2, 0.25) is 0 Å². The molecule has 0 unspecified atom stereocenters. The first-order chi connectivity index (χ1) is 9.95. The fraction of sp³-hybridized carbons (Fsp3) is 0.429. The smallest absolute Gasteiger partial charge is 0.339 e. The van der Waals surface area contributed by atoms with Crippen molar-refractivity contribution in [3.63, 3.8) is 0 Å². The summed E-state index contributed by atoms with van der Waals surface area (Å²) in [5.74, 6) is -0.644. The maximum Gasteiger partial charge on any atom is 0.339 e. The van der Waals surface area contributed by atoms with Crippen LogP contribution in [-0.2, 0) is 14.8 Å². The van der Waals surface area contributed by atoms with Crippen molar-refractivity contribution in [2.75, 3.05) is 13.1 Å². The predicted octanol–water partition coefficient (Wildman–Crippen LogP) is 1.54. The number of carbonyl (C=O) groups is 1. The fourth-order valence-corrected chi connectivity index (χ4v) is 3.61. The number of ether oxygens (including phenoxy) is 1. The summed E-state index contributed by atoms with van der Waals surface area (Å²) in [5.41, 5.74) is 0.220. The molecule has 0 aromatic heterocycles. The molecule has 1 aromatic carbocycles. The molecule has 21 heavy (non-hydrogen) atoms. The molecule has 0 N–H and O–H groups in total. The molecule has 0 saturated carbocycles. The Balaban J connectivity index is 2.15. The van der Waals surface area contributed by atoms with Crippen LogP contribution in [-0.4, -0.2) is 37.9 Å². The first-order valence-electron chi connectivity index (χ1n) is 6.66. The molecular weight excluding hydrogens is 292 g/mol. The van der Waals surface area contributed by atoms with Gasteiger partial charge in [0, 0.05) is 13.1 Å². The Kier molecular flexibility index (Phi) is 4.60. The number of sulfonamides is 1. The maximum atomic E-state index is 12.3. The van der Waals surface area contributed by atoms with Gasteiger partial charge in [-0.1, -0.05) is 0 Å². The van der Waals surface area contributed by atoms with Gasteiger partial charge in [-0.3, -0.25) is 0 Å². The molecule has 1 aliphatic rings. The summed E-state index contributed by atoms with van der Waals surface area (Å²) in [6.07, 6.45) is 0.899. The number of hydrogen-bond acceptors (Lipinski definition) is 5. The van der Waals surface area contributed by atoms with Crippen LogP contribution in [0.5, 0.6) is 0 Å². The molecule has 0 radical (unpaired) electrons. The highest BCUT2D eigenvalue weighted by Gasteiger charge is 2.27. The second kappa shape index (κ2) is 6.24. The van der Waals surface area contributed by atoms with Crippen molar-refractivity contribution < 1.29 is 17.9 Å². The van der Waals surface area contributed by atoms with Gasteiger partial charge in [0.1, 0.15) is 6.07 Å². The molecule has 112 valence electrons. The molecule has 1 fully saturated rings. The lowest BCUT2D eigenvalue weighted by molar-refractivity contribution is 0.0435. The Labute approximate surface area is 124 Å². The molecule has 0 bridgehead atoms. The van der Waals surface area contributed by atoms with E-state index in [1.54, 1.807) is 6.07 Å². The van der Waals surface area contributed by atoms with E-state index in [-0.39, 0.29) is 10.5 Å². The number of carbonyl (C=O) groups excluding carboxylic acids is 1. The zero-order valence-electron chi connectivity index (χ0n) is 11.7. The van der Waals surface area contributed by atoms with E-state index in [9.17, 15) is 13.2 Å². The molecule has 0 aliphatic carbocycles. The van der Waals surface area contributed by atoms with E-state index in [1.807, 2.05) is 0 Å². The summed E-state index contributed by atoms with van der Waals surface area (Å²) in [4.78, 5) is 11.9. The number of nitriles is 1. The van der Waals surface area contributed by atoms with Crippen molar-refractivity contribution in [1.82, 2.24) is 4.31 Å². The lowest BCUT2D eigenvalue weighted by Gasteiger charge is -2.15. The van der Waals surface area contributed by atoms with Crippen molar-refractivity contribution in [2.45, 2.75) is 30.8 Å². The number of rotatable bonds is 4. The van der Waals surface area contributed by atoms with Gasteiger partial charge in [-0.25, -0.2) is 13.2 Å². The van der Waals surface area contributed by atoms with Gasteiger partial charge in [0.2, 0.25) is 10.0 Å². The number of esters is 1. The van der Waals surface area contributed by atoms with Crippen LogP contribution in [0, 0.1) is 11.3 Å². The Morgan fingerprint density at radius 2 is 1.86 bits per heavy atom. The Morgan fingerprint density at radius 3 is 2.38 bits per heavy atom. The summed E-state index contributed by atoms with van der Waals surface area (Å²) in [6, 6.07) is 7.37. The molecule has 2 rings (SSSR count). The number of benzene rings is 1. The highest BCUT2D eigenvalue weighted by atomic mass is 32.2. The minimum atomic E-state index is -3.48. The Morgan fingerprint density at radius 1 is 1.29 bits per heavy atom. The Bertz CT molecular complexity index is 655. The average molecular weight is 308 g/mol. The van der Waals surface area contributed by atoms with E-state index < -0.39 is 22.1 Å². The summed E-state index contributed by atoms with van der Waals surface area (Å²) in [6.45, 7) is 2.53. The quantitative estimate of drug-likeness (QED) is 0.787. The molecule has 0 spiro atoms. The molecule has 7 heteroatoms. The van der Waals surface area contributed by atoms with Gasteiger partial charge in [0.05, 0.1) is 10.5 Å². The predicted molar refractivity (Wildman–Crippen MR) is 74.9 cm³/mol. The van der Waals surface area contributed by atoms with Crippen molar-refractivity contribution in [3.05, 3.63) is 29.8 Å². The third-order valence-electron chi connectivity index (χ3n) is 3.26. The van der Waals surface area contributed by atoms with E-state index in [0.29, 0.717) is 13.1 Å². The number of nitrogens with zero attached hydrogens (tertiary/aromatic N) is 2. The summed E-state index contributed by atoms with van der Waals surface area (Å²) in [5, 5.41) is 8.59. The van der Waals surface area contributed by atoms with Crippen LogP contribution in [0.3, 0.4) is 0 Å². The van der Waals surface area contributed by atoms with Crippen molar-refractivity contribution in [3.8, 4) is 6.07 Å². The molecule has 1 atom stereocenters. The lowest BCUT2D eigenvalue weighted by Crippen LogP contribution is -2.27. The van der Waals surface area contributed by atoms with Crippen molar-refractivity contribution in [1.29, 1.82) is 5.26 Å². The van der Waals surface area contributed by atoms with Gasteiger partial charge in [-0.2, -0.15) is 9.57 Å². The third-order valence-corrected chi connectivity index (χ3v) is 5.17. The Hall–Kier alpha value is -1.91. The van der Waals surface area contributed by atoms with E-state index >= 15 is 0 Å².